The SMILES string of the molecule is C[C@@H](O)C1C(=O)N2C(C(=O)O)=C(SC3CN(c4nc(CNS(=O)(=O)c5ccccc5)co4)C3)[C@H](C)C12. The molecule has 3 N–H and O–H groups in total. The monoisotopic (exact) mass is 534 g/mol. The van der Waals surface area contributed by atoms with E-state index in [-0.39, 0.29) is 40.3 Å². The molecule has 0 bridgehead atoms. The Morgan fingerprint density at radius 1 is 1.31 bits per heavy atom. The molecule has 36 heavy (non-hydrogen) atoms. The van der Waals surface area contributed by atoms with Crippen molar-refractivity contribution >= 4 is 39.7 Å². The van der Waals surface area contributed by atoms with Crippen LogP contribution in [-0.4, -0.2) is 70.9 Å². The van der Waals surface area contributed by atoms with Crippen molar-refractivity contribution in [3.63, 3.8) is 0 Å². The van der Waals surface area contributed by atoms with Crippen molar-refractivity contribution in [1.82, 2.24) is 14.6 Å². The second kappa shape index (κ2) is 9.21. The highest BCUT2D eigenvalue weighted by atomic mass is 32.2. The molecule has 2 unspecified atom stereocenters. The van der Waals surface area contributed by atoms with Crippen molar-refractivity contribution < 1.29 is 32.6 Å². The fourth-order valence-corrected chi connectivity index (χ4v) is 7.44. The van der Waals surface area contributed by atoms with E-state index in [1.54, 1.807) is 25.1 Å². The fourth-order valence-electron chi connectivity index (χ4n) is 4.90. The summed E-state index contributed by atoms with van der Waals surface area (Å²) in [5.41, 5.74) is 0.454. The number of benzene rings is 1. The zero-order valence-corrected chi connectivity index (χ0v) is 21.2. The van der Waals surface area contributed by atoms with E-state index in [1.165, 1.54) is 35.1 Å². The lowest BCUT2D eigenvalue weighted by Crippen LogP contribution is -2.63. The summed E-state index contributed by atoms with van der Waals surface area (Å²) in [7, 11) is -3.66. The van der Waals surface area contributed by atoms with Gasteiger partial charge in [0.05, 0.1) is 35.2 Å². The van der Waals surface area contributed by atoms with Crippen LogP contribution in [0.1, 0.15) is 19.5 Å². The quantitative estimate of drug-likeness (QED) is 0.400. The van der Waals surface area contributed by atoms with Gasteiger partial charge in [0, 0.05) is 29.2 Å². The van der Waals surface area contributed by atoms with Crippen molar-refractivity contribution in [3.05, 3.63) is 52.9 Å². The average molecular weight is 535 g/mol. The molecule has 5 rings (SSSR count). The number of amides is 1. The normalized spacial score (nSPS) is 25.0. The number of nitrogens with one attached hydrogen (secondary N) is 1. The van der Waals surface area contributed by atoms with Gasteiger partial charge >= 0.3 is 5.97 Å². The number of aliphatic carboxylic acids is 1. The Hall–Kier alpha value is -2.87. The molecule has 11 nitrogen and oxygen atoms in total. The van der Waals surface area contributed by atoms with E-state index in [1.807, 2.05) is 11.8 Å². The zero-order chi connectivity index (χ0) is 25.8. The van der Waals surface area contributed by atoms with Crippen LogP contribution in [0.2, 0.25) is 0 Å². The number of aromatic nitrogens is 1. The van der Waals surface area contributed by atoms with Crippen LogP contribution in [0.15, 0.2) is 56.5 Å². The molecule has 0 radical (unpaired) electrons. The van der Waals surface area contributed by atoms with Crippen molar-refractivity contribution in [2.45, 2.75) is 42.7 Å². The number of carboxylic acids is 1. The molecule has 13 heteroatoms. The van der Waals surface area contributed by atoms with Gasteiger partial charge in [-0.15, -0.1) is 11.8 Å². The number of hydrogen-bond acceptors (Lipinski definition) is 9. The van der Waals surface area contributed by atoms with Crippen LogP contribution >= 0.6 is 11.8 Å². The Kier molecular flexibility index (Phi) is 6.35. The first-order chi connectivity index (χ1) is 17.1. The minimum Gasteiger partial charge on any atom is -0.477 e. The largest absolute Gasteiger partial charge is 0.477 e. The number of rotatable bonds is 9. The van der Waals surface area contributed by atoms with Gasteiger partial charge in [-0.1, -0.05) is 25.1 Å². The van der Waals surface area contributed by atoms with E-state index in [0.29, 0.717) is 29.7 Å². The van der Waals surface area contributed by atoms with Gasteiger partial charge in [0.1, 0.15) is 12.0 Å². The number of aliphatic hydroxyl groups excluding tert-OH is 1. The van der Waals surface area contributed by atoms with E-state index in [4.69, 9.17) is 4.42 Å². The van der Waals surface area contributed by atoms with Crippen molar-refractivity contribution in [2.75, 3.05) is 18.0 Å². The summed E-state index contributed by atoms with van der Waals surface area (Å²) in [5, 5.41) is 19.8. The Bertz CT molecular complexity index is 1320. The maximum atomic E-state index is 12.5. The number of oxazole rings is 1. The minimum atomic E-state index is -3.66. The third-order valence-corrected chi connectivity index (χ3v) is 9.63. The number of carbonyl (C=O) groups excluding carboxylic acids is 1. The van der Waals surface area contributed by atoms with Crippen LogP contribution in [0.3, 0.4) is 0 Å². The summed E-state index contributed by atoms with van der Waals surface area (Å²) >= 11 is 1.44. The first-order valence-corrected chi connectivity index (χ1v) is 13.8. The lowest BCUT2D eigenvalue weighted by Gasteiger charge is -2.46. The van der Waals surface area contributed by atoms with Crippen LogP contribution in [-0.2, 0) is 26.2 Å². The van der Waals surface area contributed by atoms with Gasteiger partial charge in [0.2, 0.25) is 15.9 Å². The predicted octanol–water partition coefficient (Wildman–Crippen LogP) is 1.23. The number of fused-ring (bicyclic) bond motifs is 1. The lowest BCUT2D eigenvalue weighted by atomic mass is 9.79. The summed E-state index contributed by atoms with van der Waals surface area (Å²) in [6.07, 6.45) is 0.566. The molecule has 3 aliphatic rings. The van der Waals surface area contributed by atoms with Gasteiger partial charge in [0.25, 0.3) is 6.01 Å². The van der Waals surface area contributed by atoms with Gasteiger partial charge in [-0.05, 0) is 19.1 Å². The molecule has 2 saturated heterocycles. The fraction of sp³-hybridized carbons (Fsp3) is 0.435. The molecule has 2 fully saturated rings. The van der Waals surface area contributed by atoms with Crippen molar-refractivity contribution in [2.24, 2.45) is 11.8 Å². The van der Waals surface area contributed by atoms with Crippen LogP contribution < -0.4 is 9.62 Å². The zero-order valence-electron chi connectivity index (χ0n) is 19.6. The number of thioether (sulfide) groups is 1. The topological polar surface area (TPSA) is 153 Å². The molecule has 0 spiro atoms. The number of hydrogen-bond donors (Lipinski definition) is 3. The molecular formula is C23H26N4O7S2. The smallest absolute Gasteiger partial charge is 0.353 e. The number of sulfonamides is 1. The van der Waals surface area contributed by atoms with Gasteiger partial charge < -0.3 is 24.4 Å². The number of aliphatic hydroxyl groups is 1. The molecule has 2 aromatic rings. The predicted molar refractivity (Wildman–Crippen MR) is 130 cm³/mol. The molecule has 0 saturated carbocycles. The molecule has 192 valence electrons. The summed E-state index contributed by atoms with van der Waals surface area (Å²) in [6.45, 7) is 4.54. The molecule has 4 heterocycles. The summed E-state index contributed by atoms with van der Waals surface area (Å²) in [6, 6.07) is 8.07. The van der Waals surface area contributed by atoms with E-state index >= 15 is 0 Å². The maximum absolute atomic E-state index is 12.5. The van der Waals surface area contributed by atoms with Crippen LogP contribution in [0, 0.1) is 11.8 Å². The molecule has 0 aliphatic carbocycles. The van der Waals surface area contributed by atoms with E-state index in [9.17, 15) is 28.2 Å². The van der Waals surface area contributed by atoms with E-state index in [0.717, 1.165) is 0 Å². The van der Waals surface area contributed by atoms with Crippen molar-refractivity contribution in [3.8, 4) is 0 Å². The van der Waals surface area contributed by atoms with Gasteiger partial charge in [-0.3, -0.25) is 4.79 Å². The molecule has 1 amide bonds. The van der Waals surface area contributed by atoms with Gasteiger partial charge in [0.15, 0.2) is 0 Å². The highest BCUT2D eigenvalue weighted by Crippen LogP contribution is 2.52. The Labute approximate surface area is 212 Å². The molecule has 1 aromatic carbocycles. The summed E-state index contributed by atoms with van der Waals surface area (Å²) < 4.78 is 32.8. The standard InChI is InChI=1S/C23H26N4O7S2/c1-12-18-17(13(2)28)21(29)27(18)19(22(30)31)20(12)35-15-9-26(10-15)23-25-14(11-34-23)8-24-36(32,33)16-6-4-3-5-7-16/h3-7,11-13,15,17-18,24,28H,8-10H2,1-2H3,(H,30,31)/t12-,13-,17?,18?/m1/s1. The van der Waals surface area contributed by atoms with Gasteiger partial charge in [-0.2, -0.15) is 4.98 Å². The van der Waals surface area contributed by atoms with Crippen LogP contribution in [0.25, 0.3) is 0 Å². The Balaban J connectivity index is 1.19. The summed E-state index contributed by atoms with van der Waals surface area (Å²) in [4.78, 5) is 32.8. The van der Waals surface area contributed by atoms with Crippen molar-refractivity contribution in [1.29, 1.82) is 0 Å². The number of anilines is 1. The number of β-lactam (4-membered cyclic amide) rings is 1. The molecule has 3 aliphatic heterocycles. The minimum absolute atomic E-state index is 0.0157. The summed E-state index contributed by atoms with van der Waals surface area (Å²) in [5.74, 6) is -2.26. The first kappa shape index (κ1) is 24.8. The molecule has 1 aromatic heterocycles. The highest BCUT2D eigenvalue weighted by Gasteiger charge is 2.60. The third kappa shape index (κ3) is 4.19. The first-order valence-electron chi connectivity index (χ1n) is 11.5. The lowest BCUT2D eigenvalue weighted by molar-refractivity contribution is -0.163. The second-order valence-corrected chi connectivity index (χ2v) is 12.3. The van der Waals surface area contributed by atoms with Crippen LogP contribution in [0.5, 0.6) is 0 Å². The molecule has 4 atom stereocenters. The number of carbonyl (C=O) groups is 2. The third-order valence-electron chi connectivity index (χ3n) is 6.76. The maximum Gasteiger partial charge on any atom is 0.353 e. The Morgan fingerprint density at radius 2 is 2.00 bits per heavy atom. The average Bonchev–Trinajstić information content (AvgIpc) is 3.36. The van der Waals surface area contributed by atoms with E-state index < -0.39 is 28.0 Å². The Morgan fingerprint density at radius 3 is 2.64 bits per heavy atom. The number of carboxylic acid groups (broad SMARTS) is 1. The molecular weight excluding hydrogens is 508 g/mol. The highest BCUT2D eigenvalue weighted by molar-refractivity contribution is 8.03. The van der Waals surface area contributed by atoms with Gasteiger partial charge in [-0.25, -0.2) is 17.9 Å². The van der Waals surface area contributed by atoms with Crippen LogP contribution in [0.4, 0.5) is 6.01 Å². The second-order valence-electron chi connectivity index (χ2n) is 9.18. The van der Waals surface area contributed by atoms with E-state index in [2.05, 4.69) is 9.71 Å². The number of nitrogens with zero attached hydrogens (tertiary/aromatic N) is 3.